The third-order valence-corrected chi connectivity index (χ3v) is 3.65. The second-order valence-electron chi connectivity index (χ2n) is 5.01. The molecule has 100 valence electrons. The number of hydrogen-bond donors (Lipinski definition) is 1. The first-order valence-electron chi connectivity index (χ1n) is 6.40. The maximum atomic E-state index is 5.48. The molecule has 5 nitrogen and oxygen atoms in total. The molecule has 0 bridgehead atoms. The number of aromatic nitrogens is 2. The van der Waals surface area contributed by atoms with Gasteiger partial charge < -0.3 is 15.0 Å². The molecule has 3 rings (SSSR count). The van der Waals surface area contributed by atoms with Crippen molar-refractivity contribution in [2.75, 3.05) is 13.7 Å². The summed E-state index contributed by atoms with van der Waals surface area (Å²) in [7, 11) is 1.75. The lowest BCUT2D eigenvalue weighted by Gasteiger charge is -2.14. The molecule has 0 saturated heterocycles. The maximum Gasteiger partial charge on any atom is 0.240 e. The van der Waals surface area contributed by atoms with Crippen LogP contribution < -0.4 is 5.73 Å². The fraction of sp³-hybridized carbons (Fsp3) is 0.429. The summed E-state index contributed by atoms with van der Waals surface area (Å²) in [6.07, 6.45) is 2.34. The topological polar surface area (TPSA) is 74.2 Å². The van der Waals surface area contributed by atoms with E-state index in [1.165, 1.54) is 18.4 Å². The van der Waals surface area contributed by atoms with E-state index in [9.17, 15) is 0 Å². The van der Waals surface area contributed by atoms with E-state index in [4.69, 9.17) is 15.0 Å². The lowest BCUT2D eigenvalue weighted by Crippen LogP contribution is -2.13. The van der Waals surface area contributed by atoms with E-state index < -0.39 is 0 Å². The average Bonchev–Trinajstić information content (AvgIpc) is 3.07. The van der Waals surface area contributed by atoms with Crippen molar-refractivity contribution in [3.63, 3.8) is 0 Å². The molecule has 0 atom stereocenters. The van der Waals surface area contributed by atoms with Gasteiger partial charge in [-0.25, -0.2) is 0 Å². The van der Waals surface area contributed by atoms with Crippen LogP contribution in [0.5, 0.6) is 0 Å². The van der Waals surface area contributed by atoms with E-state index in [1.807, 2.05) is 12.1 Å². The standard InChI is InChI=1S/C14H17N3O2/c1-18-9-14(5-6-14)11-4-2-3-10(7-11)13-16-12(8-15)19-17-13/h2-4,7H,5-6,8-9,15H2,1H3. The fourth-order valence-corrected chi connectivity index (χ4v) is 2.39. The Morgan fingerprint density at radius 3 is 2.89 bits per heavy atom. The third kappa shape index (κ3) is 2.27. The number of ether oxygens (including phenoxy) is 1. The van der Waals surface area contributed by atoms with Crippen LogP contribution in [0, 0.1) is 0 Å². The van der Waals surface area contributed by atoms with Gasteiger partial charge in [-0.3, -0.25) is 0 Å². The molecule has 1 aliphatic rings. The highest BCUT2D eigenvalue weighted by Crippen LogP contribution is 2.48. The Labute approximate surface area is 111 Å². The molecule has 1 aromatic heterocycles. The lowest BCUT2D eigenvalue weighted by atomic mass is 9.95. The molecule has 1 aliphatic carbocycles. The van der Waals surface area contributed by atoms with Gasteiger partial charge >= 0.3 is 0 Å². The summed E-state index contributed by atoms with van der Waals surface area (Å²) in [6, 6.07) is 8.27. The number of methoxy groups -OCH3 is 1. The van der Waals surface area contributed by atoms with Crippen LogP contribution in [0.15, 0.2) is 28.8 Å². The lowest BCUT2D eigenvalue weighted by molar-refractivity contribution is 0.171. The molecular formula is C14H17N3O2. The van der Waals surface area contributed by atoms with Crippen LogP contribution in [-0.2, 0) is 16.7 Å². The van der Waals surface area contributed by atoms with Crippen LogP contribution in [0.4, 0.5) is 0 Å². The van der Waals surface area contributed by atoms with Gasteiger partial charge in [0.15, 0.2) is 0 Å². The molecule has 0 radical (unpaired) electrons. The summed E-state index contributed by atoms with van der Waals surface area (Å²) in [4.78, 5) is 4.25. The second-order valence-corrected chi connectivity index (χ2v) is 5.01. The van der Waals surface area contributed by atoms with Crippen molar-refractivity contribution >= 4 is 0 Å². The molecule has 0 spiro atoms. The highest BCUT2D eigenvalue weighted by Gasteiger charge is 2.44. The summed E-state index contributed by atoms with van der Waals surface area (Å²) in [5.41, 5.74) is 7.91. The van der Waals surface area contributed by atoms with Gasteiger partial charge in [-0.15, -0.1) is 0 Å². The first-order chi connectivity index (χ1) is 9.27. The van der Waals surface area contributed by atoms with Crippen molar-refractivity contribution in [3.8, 4) is 11.4 Å². The Kier molecular flexibility index (Phi) is 3.08. The van der Waals surface area contributed by atoms with Gasteiger partial charge in [0, 0.05) is 18.1 Å². The fourth-order valence-electron chi connectivity index (χ4n) is 2.39. The van der Waals surface area contributed by atoms with Gasteiger partial charge in [-0.05, 0) is 24.5 Å². The maximum absolute atomic E-state index is 5.48. The number of hydrogen-bond acceptors (Lipinski definition) is 5. The van der Waals surface area contributed by atoms with E-state index >= 15 is 0 Å². The van der Waals surface area contributed by atoms with Gasteiger partial charge in [-0.2, -0.15) is 4.98 Å². The van der Waals surface area contributed by atoms with Gasteiger partial charge in [0.1, 0.15) is 0 Å². The molecule has 0 aliphatic heterocycles. The van der Waals surface area contributed by atoms with Gasteiger partial charge in [0.05, 0.1) is 13.2 Å². The normalized spacial score (nSPS) is 16.5. The van der Waals surface area contributed by atoms with E-state index in [-0.39, 0.29) is 12.0 Å². The molecule has 0 unspecified atom stereocenters. The van der Waals surface area contributed by atoms with Crippen LogP contribution in [0.2, 0.25) is 0 Å². The van der Waals surface area contributed by atoms with Crippen molar-refractivity contribution in [2.45, 2.75) is 24.8 Å². The Hall–Kier alpha value is -1.72. The minimum absolute atomic E-state index is 0.186. The zero-order valence-corrected chi connectivity index (χ0v) is 10.9. The molecule has 1 saturated carbocycles. The van der Waals surface area contributed by atoms with E-state index in [0.29, 0.717) is 11.7 Å². The molecule has 1 fully saturated rings. The smallest absolute Gasteiger partial charge is 0.240 e. The van der Waals surface area contributed by atoms with Crippen molar-refractivity contribution in [1.82, 2.24) is 10.1 Å². The Morgan fingerprint density at radius 2 is 2.26 bits per heavy atom. The summed E-state index contributed by atoms with van der Waals surface area (Å²) < 4.78 is 10.4. The third-order valence-electron chi connectivity index (χ3n) is 3.65. The summed E-state index contributed by atoms with van der Waals surface area (Å²) in [5.74, 6) is 1.05. The second kappa shape index (κ2) is 4.75. The largest absolute Gasteiger partial charge is 0.384 e. The molecule has 2 aromatic rings. The van der Waals surface area contributed by atoms with Gasteiger partial charge in [-0.1, -0.05) is 23.4 Å². The van der Waals surface area contributed by atoms with Crippen molar-refractivity contribution < 1.29 is 9.26 Å². The molecule has 19 heavy (non-hydrogen) atoms. The number of benzene rings is 1. The summed E-state index contributed by atoms with van der Waals surface area (Å²) in [5, 5.41) is 3.95. The predicted molar refractivity (Wildman–Crippen MR) is 70.4 cm³/mol. The van der Waals surface area contributed by atoms with E-state index in [1.54, 1.807) is 7.11 Å². The first kappa shape index (κ1) is 12.3. The van der Waals surface area contributed by atoms with Gasteiger partial charge in [0.25, 0.3) is 0 Å². The van der Waals surface area contributed by atoms with Gasteiger partial charge in [0.2, 0.25) is 11.7 Å². The van der Waals surface area contributed by atoms with Crippen LogP contribution in [0.25, 0.3) is 11.4 Å². The minimum atomic E-state index is 0.186. The molecule has 2 N–H and O–H groups in total. The zero-order valence-electron chi connectivity index (χ0n) is 10.9. The van der Waals surface area contributed by atoms with Crippen LogP contribution in [-0.4, -0.2) is 23.9 Å². The Balaban J connectivity index is 1.92. The molecule has 5 heteroatoms. The molecule has 1 heterocycles. The summed E-state index contributed by atoms with van der Waals surface area (Å²) in [6.45, 7) is 1.02. The highest BCUT2D eigenvalue weighted by molar-refractivity contribution is 5.57. The summed E-state index contributed by atoms with van der Waals surface area (Å²) >= 11 is 0. The number of rotatable bonds is 5. The average molecular weight is 259 g/mol. The minimum Gasteiger partial charge on any atom is -0.384 e. The highest BCUT2D eigenvalue weighted by atomic mass is 16.5. The SMILES string of the molecule is COCC1(c2cccc(-c3noc(CN)n3)c2)CC1. The Bertz CT molecular complexity index is 576. The zero-order chi connectivity index (χ0) is 13.3. The first-order valence-corrected chi connectivity index (χ1v) is 6.40. The van der Waals surface area contributed by atoms with Crippen molar-refractivity contribution in [3.05, 3.63) is 35.7 Å². The van der Waals surface area contributed by atoms with Crippen LogP contribution >= 0.6 is 0 Å². The van der Waals surface area contributed by atoms with Crippen molar-refractivity contribution in [2.24, 2.45) is 5.73 Å². The van der Waals surface area contributed by atoms with Crippen LogP contribution in [0.1, 0.15) is 24.3 Å². The molecule has 0 amide bonds. The van der Waals surface area contributed by atoms with Crippen LogP contribution in [0.3, 0.4) is 0 Å². The number of nitrogens with two attached hydrogens (primary N) is 1. The quantitative estimate of drug-likeness (QED) is 0.887. The monoisotopic (exact) mass is 259 g/mol. The predicted octanol–water partition coefficient (Wildman–Crippen LogP) is 1.87. The molecule has 1 aromatic carbocycles. The molecular weight excluding hydrogens is 242 g/mol. The Morgan fingerprint density at radius 1 is 1.42 bits per heavy atom. The van der Waals surface area contributed by atoms with E-state index in [2.05, 4.69) is 22.3 Å². The number of nitrogens with zero attached hydrogens (tertiary/aromatic N) is 2. The van der Waals surface area contributed by atoms with Crippen molar-refractivity contribution in [1.29, 1.82) is 0 Å². The van der Waals surface area contributed by atoms with E-state index in [0.717, 1.165) is 12.2 Å².